The molecule has 0 aliphatic carbocycles. The first kappa shape index (κ1) is 51.7. The molecular formula is C44H78NO8P. The molecule has 3 N–H and O–H groups in total. The van der Waals surface area contributed by atoms with Gasteiger partial charge in [0.15, 0.2) is 6.10 Å². The SMILES string of the molecule is CC/C=C/C/C=C/C/C=C/C/C=C/C/C=C/CCCCCC(=O)O[C@H](COC(=O)CCCCCCCCCCCCCCCC)COP(=O)(O)OCCN. The first-order chi connectivity index (χ1) is 26.3. The third-order valence-corrected chi connectivity index (χ3v) is 9.65. The lowest BCUT2D eigenvalue weighted by atomic mass is 10.0. The van der Waals surface area contributed by atoms with Gasteiger partial charge in [0.25, 0.3) is 0 Å². The molecule has 0 aromatic carbocycles. The fourth-order valence-electron chi connectivity index (χ4n) is 5.54. The fourth-order valence-corrected chi connectivity index (χ4v) is 6.31. The lowest BCUT2D eigenvalue weighted by molar-refractivity contribution is -0.161. The van der Waals surface area contributed by atoms with Crippen LogP contribution in [0.25, 0.3) is 0 Å². The molecule has 0 amide bonds. The number of nitrogens with two attached hydrogens (primary N) is 1. The molecule has 0 aliphatic rings. The number of hydrogen-bond donors (Lipinski definition) is 2. The molecule has 0 bridgehead atoms. The standard InChI is InChI=1S/C44H78NO8P/c1-3-5-7-9-11-13-15-17-19-20-21-22-23-25-27-29-31-33-35-37-44(47)53-42(41-52-54(48,49)51-39-38-45)40-50-43(46)36-34-32-30-28-26-24-18-16-14-12-10-8-6-4-2/h5,7,11,13,17,19,21-22,25,27,42H,3-4,6,8-10,12,14-16,18,20,23-24,26,28-41,45H2,1-2H3,(H,48,49)/b7-5+,13-11+,19-17+,22-21+,27-25+/t42-/m1/s1. The molecule has 0 aromatic heterocycles. The maximum Gasteiger partial charge on any atom is 0.472 e. The summed E-state index contributed by atoms with van der Waals surface area (Å²) in [5.41, 5.74) is 5.34. The van der Waals surface area contributed by atoms with E-state index >= 15 is 0 Å². The van der Waals surface area contributed by atoms with Crippen molar-refractivity contribution in [2.45, 2.75) is 180 Å². The van der Waals surface area contributed by atoms with E-state index in [1.54, 1.807) is 0 Å². The van der Waals surface area contributed by atoms with Gasteiger partial charge in [0.05, 0.1) is 13.2 Å². The van der Waals surface area contributed by atoms with E-state index in [1.807, 2.05) is 0 Å². The van der Waals surface area contributed by atoms with E-state index in [9.17, 15) is 19.0 Å². The highest BCUT2D eigenvalue weighted by molar-refractivity contribution is 7.47. The fraction of sp³-hybridized carbons (Fsp3) is 0.727. The van der Waals surface area contributed by atoms with Gasteiger partial charge in [-0.25, -0.2) is 4.57 Å². The van der Waals surface area contributed by atoms with Gasteiger partial charge in [-0.15, -0.1) is 0 Å². The predicted molar refractivity (Wildman–Crippen MR) is 224 cm³/mol. The molecule has 9 nitrogen and oxygen atoms in total. The van der Waals surface area contributed by atoms with Crippen molar-refractivity contribution in [1.29, 1.82) is 0 Å². The number of allylic oxidation sites excluding steroid dienone is 10. The van der Waals surface area contributed by atoms with Crippen LogP contribution in [0.3, 0.4) is 0 Å². The Morgan fingerprint density at radius 3 is 1.52 bits per heavy atom. The summed E-state index contributed by atoms with van der Waals surface area (Å²) in [6.45, 7) is 3.57. The van der Waals surface area contributed by atoms with Crippen molar-refractivity contribution in [3.8, 4) is 0 Å². The van der Waals surface area contributed by atoms with E-state index in [0.717, 1.165) is 70.6 Å². The van der Waals surface area contributed by atoms with Crippen LogP contribution in [0.5, 0.6) is 0 Å². The zero-order chi connectivity index (χ0) is 39.6. The highest BCUT2D eigenvalue weighted by atomic mass is 31.2. The zero-order valence-electron chi connectivity index (χ0n) is 34.2. The number of esters is 2. The van der Waals surface area contributed by atoms with Crippen molar-refractivity contribution in [3.63, 3.8) is 0 Å². The van der Waals surface area contributed by atoms with E-state index in [-0.39, 0.29) is 32.6 Å². The number of unbranched alkanes of at least 4 members (excludes halogenated alkanes) is 16. The van der Waals surface area contributed by atoms with Crippen molar-refractivity contribution in [2.75, 3.05) is 26.4 Å². The predicted octanol–water partition coefficient (Wildman–Crippen LogP) is 12.1. The number of hydrogen-bond acceptors (Lipinski definition) is 8. The molecule has 0 aromatic rings. The molecule has 312 valence electrons. The number of phosphoric acid groups is 1. The quantitative estimate of drug-likeness (QED) is 0.0270. The Labute approximate surface area is 329 Å². The Morgan fingerprint density at radius 1 is 0.574 bits per heavy atom. The highest BCUT2D eigenvalue weighted by Crippen LogP contribution is 2.43. The average Bonchev–Trinajstić information content (AvgIpc) is 3.16. The van der Waals surface area contributed by atoms with Crippen LogP contribution in [-0.4, -0.2) is 49.3 Å². The van der Waals surface area contributed by atoms with Crippen LogP contribution >= 0.6 is 7.82 Å². The second-order valence-corrected chi connectivity index (χ2v) is 15.3. The summed E-state index contributed by atoms with van der Waals surface area (Å²) in [6.07, 6.45) is 46.8. The number of rotatable bonds is 39. The maximum absolute atomic E-state index is 12.6. The van der Waals surface area contributed by atoms with Gasteiger partial charge in [-0.2, -0.15) is 0 Å². The lowest BCUT2D eigenvalue weighted by Gasteiger charge is -2.19. The van der Waals surface area contributed by atoms with E-state index in [2.05, 4.69) is 74.6 Å². The number of carbonyl (C=O) groups excluding carboxylic acids is 2. The van der Waals surface area contributed by atoms with Crippen LogP contribution < -0.4 is 5.73 Å². The van der Waals surface area contributed by atoms with Gasteiger partial charge < -0.3 is 20.1 Å². The van der Waals surface area contributed by atoms with Gasteiger partial charge in [-0.05, 0) is 57.8 Å². The minimum absolute atomic E-state index is 0.0459. The van der Waals surface area contributed by atoms with Gasteiger partial charge in [0, 0.05) is 19.4 Å². The van der Waals surface area contributed by atoms with Crippen molar-refractivity contribution in [2.24, 2.45) is 5.73 Å². The first-order valence-electron chi connectivity index (χ1n) is 21.3. The van der Waals surface area contributed by atoms with Gasteiger partial charge >= 0.3 is 19.8 Å². The van der Waals surface area contributed by atoms with Crippen LogP contribution in [0.2, 0.25) is 0 Å². The lowest BCUT2D eigenvalue weighted by Crippen LogP contribution is -2.29. The molecular weight excluding hydrogens is 701 g/mol. The normalized spacial score (nSPS) is 13.9. The summed E-state index contributed by atoms with van der Waals surface area (Å²) < 4.78 is 32.7. The summed E-state index contributed by atoms with van der Waals surface area (Å²) in [6, 6.07) is 0. The molecule has 0 radical (unpaired) electrons. The molecule has 0 saturated heterocycles. The Bertz CT molecular complexity index is 1070. The summed E-state index contributed by atoms with van der Waals surface area (Å²) in [4.78, 5) is 34.8. The zero-order valence-corrected chi connectivity index (χ0v) is 35.1. The Kier molecular flexibility index (Phi) is 38.7. The van der Waals surface area contributed by atoms with Gasteiger partial charge in [0.2, 0.25) is 0 Å². The van der Waals surface area contributed by atoms with Crippen LogP contribution in [0.1, 0.15) is 174 Å². The van der Waals surface area contributed by atoms with E-state index in [4.69, 9.17) is 24.3 Å². The second-order valence-electron chi connectivity index (χ2n) is 13.8. The minimum Gasteiger partial charge on any atom is -0.462 e. The van der Waals surface area contributed by atoms with Crippen molar-refractivity contribution < 1.29 is 37.6 Å². The largest absolute Gasteiger partial charge is 0.472 e. The Morgan fingerprint density at radius 2 is 1.02 bits per heavy atom. The van der Waals surface area contributed by atoms with Gasteiger partial charge in [0.1, 0.15) is 6.61 Å². The summed E-state index contributed by atoms with van der Waals surface area (Å²) in [5, 5.41) is 0. The highest BCUT2D eigenvalue weighted by Gasteiger charge is 2.26. The molecule has 0 spiro atoms. The van der Waals surface area contributed by atoms with Crippen molar-refractivity contribution in [3.05, 3.63) is 60.8 Å². The average molecular weight is 780 g/mol. The van der Waals surface area contributed by atoms with E-state index < -0.39 is 32.5 Å². The molecule has 0 heterocycles. The third kappa shape index (κ3) is 39.4. The Balaban J connectivity index is 4.24. The maximum atomic E-state index is 12.6. The van der Waals surface area contributed by atoms with Crippen molar-refractivity contribution >= 4 is 19.8 Å². The van der Waals surface area contributed by atoms with Crippen LogP contribution in [0, 0.1) is 0 Å². The monoisotopic (exact) mass is 780 g/mol. The summed E-state index contributed by atoms with van der Waals surface area (Å²) >= 11 is 0. The molecule has 1 unspecified atom stereocenters. The number of ether oxygens (including phenoxy) is 2. The smallest absolute Gasteiger partial charge is 0.462 e. The van der Waals surface area contributed by atoms with E-state index in [0.29, 0.717) is 6.42 Å². The number of phosphoric ester groups is 1. The van der Waals surface area contributed by atoms with Gasteiger partial charge in [-0.1, -0.05) is 164 Å². The topological polar surface area (TPSA) is 134 Å². The van der Waals surface area contributed by atoms with Crippen LogP contribution in [0.15, 0.2) is 60.8 Å². The molecule has 0 saturated carbocycles. The molecule has 10 heteroatoms. The molecule has 0 aliphatic heterocycles. The molecule has 0 fully saturated rings. The number of carbonyl (C=O) groups is 2. The molecule has 2 atom stereocenters. The summed E-state index contributed by atoms with van der Waals surface area (Å²) in [7, 11) is -4.39. The third-order valence-electron chi connectivity index (χ3n) is 8.67. The summed E-state index contributed by atoms with van der Waals surface area (Å²) in [5.74, 6) is -0.867. The molecule has 54 heavy (non-hydrogen) atoms. The van der Waals surface area contributed by atoms with Crippen LogP contribution in [-0.2, 0) is 32.7 Å². The van der Waals surface area contributed by atoms with Crippen LogP contribution in [0.4, 0.5) is 0 Å². The van der Waals surface area contributed by atoms with Gasteiger partial charge in [-0.3, -0.25) is 18.6 Å². The molecule has 0 rings (SSSR count). The second kappa shape index (κ2) is 40.4. The van der Waals surface area contributed by atoms with E-state index in [1.165, 1.54) is 70.6 Å². The first-order valence-corrected chi connectivity index (χ1v) is 22.8. The minimum atomic E-state index is -4.39. The Hall–Kier alpha value is -2.29. The van der Waals surface area contributed by atoms with Crippen molar-refractivity contribution in [1.82, 2.24) is 0 Å².